The number of nitrogens with zero attached hydrogens (tertiary/aromatic N) is 3. The molecule has 176 valence electrons. The third-order valence-electron chi connectivity index (χ3n) is 5.74. The first-order valence-electron chi connectivity index (χ1n) is 10.8. The van der Waals surface area contributed by atoms with E-state index in [0.717, 1.165) is 16.7 Å². The normalized spacial score (nSPS) is 23.9. The van der Waals surface area contributed by atoms with Gasteiger partial charge in [-0.25, -0.2) is 9.21 Å². The maximum atomic E-state index is 13.7. The standard InChI is InChI=1S/C24H24N4O3S3/c1-27-26-12-18(34-27)32-13-17-14-33-23-19(25)22(29)28(23)20(17)24(30)31-21(15-8-4-2-5-9-15)16-10-6-3-7-11-16/h2-12,18-19,21,23H,13-14,25H2,1H3/t18?,19?,23-/m0/s1. The minimum atomic E-state index is -0.591. The van der Waals surface area contributed by atoms with E-state index in [1.165, 1.54) is 4.90 Å². The lowest BCUT2D eigenvalue weighted by Gasteiger charge is -2.48. The molecule has 10 heteroatoms. The molecule has 3 heterocycles. The number of carbonyl (C=O) groups is 2. The van der Waals surface area contributed by atoms with Gasteiger partial charge in [0.2, 0.25) is 5.91 Å². The van der Waals surface area contributed by atoms with Gasteiger partial charge in [0.1, 0.15) is 21.7 Å². The second-order valence-corrected chi connectivity index (χ2v) is 11.8. The number of thioether (sulfide) groups is 2. The van der Waals surface area contributed by atoms with Crippen molar-refractivity contribution in [3.8, 4) is 0 Å². The summed E-state index contributed by atoms with van der Waals surface area (Å²) in [5.41, 5.74) is 9.01. The van der Waals surface area contributed by atoms with E-state index in [1.807, 2.05) is 78.3 Å². The zero-order valence-corrected chi connectivity index (χ0v) is 20.9. The van der Waals surface area contributed by atoms with Crippen LogP contribution >= 0.6 is 35.5 Å². The molecule has 3 atom stereocenters. The maximum absolute atomic E-state index is 13.7. The van der Waals surface area contributed by atoms with Crippen LogP contribution in [0.1, 0.15) is 17.2 Å². The van der Waals surface area contributed by atoms with Crippen molar-refractivity contribution in [1.82, 2.24) is 9.31 Å². The van der Waals surface area contributed by atoms with Crippen molar-refractivity contribution in [2.45, 2.75) is 22.1 Å². The van der Waals surface area contributed by atoms with Gasteiger partial charge in [0, 0.05) is 18.6 Å². The quantitative estimate of drug-likeness (QED) is 0.343. The summed E-state index contributed by atoms with van der Waals surface area (Å²) < 4.78 is 8.10. The highest BCUT2D eigenvalue weighted by Gasteiger charge is 2.52. The molecule has 0 bridgehead atoms. The third kappa shape index (κ3) is 4.59. The lowest BCUT2D eigenvalue weighted by atomic mass is 10.0. The Morgan fingerprint density at radius 3 is 2.41 bits per heavy atom. The number of β-lactam (4-membered cyclic amide) rings is 1. The molecular weight excluding hydrogens is 488 g/mol. The van der Waals surface area contributed by atoms with Crippen molar-refractivity contribution in [2.24, 2.45) is 10.8 Å². The Hall–Kier alpha value is -2.40. The van der Waals surface area contributed by atoms with Crippen LogP contribution in [0.3, 0.4) is 0 Å². The highest BCUT2D eigenvalue weighted by atomic mass is 32.2. The molecular formula is C24H24N4O3S3. The largest absolute Gasteiger partial charge is 0.448 e. The van der Waals surface area contributed by atoms with Crippen LogP contribution in [0.5, 0.6) is 0 Å². The van der Waals surface area contributed by atoms with E-state index >= 15 is 0 Å². The van der Waals surface area contributed by atoms with Crippen LogP contribution in [0.2, 0.25) is 0 Å². The van der Waals surface area contributed by atoms with Gasteiger partial charge in [0.25, 0.3) is 0 Å². The Labute approximate surface area is 211 Å². The summed E-state index contributed by atoms with van der Waals surface area (Å²) in [7, 11) is 1.90. The minimum Gasteiger partial charge on any atom is -0.448 e. The fourth-order valence-electron chi connectivity index (χ4n) is 4.04. The maximum Gasteiger partial charge on any atom is 0.356 e. The van der Waals surface area contributed by atoms with Crippen molar-refractivity contribution in [3.63, 3.8) is 0 Å². The summed E-state index contributed by atoms with van der Waals surface area (Å²) in [5.74, 6) is 0.496. The van der Waals surface area contributed by atoms with Gasteiger partial charge in [-0.15, -0.1) is 23.5 Å². The number of carbonyl (C=O) groups excluding carboxylic acids is 2. The Morgan fingerprint density at radius 1 is 1.18 bits per heavy atom. The van der Waals surface area contributed by atoms with Gasteiger partial charge in [0.05, 0.1) is 6.21 Å². The van der Waals surface area contributed by atoms with Gasteiger partial charge in [0.15, 0.2) is 6.10 Å². The van der Waals surface area contributed by atoms with Crippen molar-refractivity contribution in [2.75, 3.05) is 18.6 Å². The van der Waals surface area contributed by atoms with Gasteiger partial charge in [-0.3, -0.25) is 9.69 Å². The highest BCUT2D eigenvalue weighted by Crippen LogP contribution is 2.42. The molecule has 34 heavy (non-hydrogen) atoms. The van der Waals surface area contributed by atoms with Gasteiger partial charge < -0.3 is 10.5 Å². The first kappa shape index (κ1) is 23.3. The first-order chi connectivity index (χ1) is 16.5. The molecule has 0 aromatic heterocycles. The molecule has 2 aromatic rings. The number of amides is 1. The fraction of sp³-hybridized carbons (Fsp3) is 0.292. The van der Waals surface area contributed by atoms with Gasteiger partial charge in [-0.2, -0.15) is 5.10 Å². The molecule has 2 aromatic carbocycles. The monoisotopic (exact) mass is 512 g/mol. The van der Waals surface area contributed by atoms with E-state index in [2.05, 4.69) is 5.10 Å². The van der Waals surface area contributed by atoms with E-state index in [9.17, 15) is 9.59 Å². The predicted molar refractivity (Wildman–Crippen MR) is 139 cm³/mol. The zero-order chi connectivity index (χ0) is 23.7. The van der Waals surface area contributed by atoms with Crippen LogP contribution in [0.15, 0.2) is 77.0 Å². The Kier molecular flexibility index (Phi) is 6.91. The van der Waals surface area contributed by atoms with Crippen molar-refractivity contribution >= 4 is 53.6 Å². The number of nitrogens with two attached hydrogens (primary N) is 1. The van der Waals surface area contributed by atoms with E-state index in [0.29, 0.717) is 17.2 Å². The lowest BCUT2D eigenvalue weighted by Crippen LogP contribution is -2.68. The number of hydrogen-bond donors (Lipinski definition) is 1. The van der Waals surface area contributed by atoms with Crippen LogP contribution < -0.4 is 5.73 Å². The predicted octanol–water partition coefficient (Wildman–Crippen LogP) is 3.45. The van der Waals surface area contributed by atoms with Crippen molar-refractivity contribution in [1.29, 1.82) is 0 Å². The number of rotatable bonds is 7. The van der Waals surface area contributed by atoms with Crippen molar-refractivity contribution in [3.05, 3.63) is 83.1 Å². The second-order valence-electron chi connectivity index (χ2n) is 8.01. The summed E-state index contributed by atoms with van der Waals surface area (Å²) in [6.45, 7) is 0. The van der Waals surface area contributed by atoms with Gasteiger partial charge in [-0.05, 0) is 28.6 Å². The first-order valence-corrected chi connectivity index (χ1v) is 13.8. The molecule has 1 saturated heterocycles. The zero-order valence-electron chi connectivity index (χ0n) is 18.4. The van der Waals surface area contributed by atoms with E-state index < -0.39 is 18.1 Å². The third-order valence-corrected chi connectivity index (χ3v) is 9.46. The molecule has 3 aliphatic rings. The van der Waals surface area contributed by atoms with Crippen LogP contribution in [0, 0.1) is 0 Å². The van der Waals surface area contributed by atoms with Gasteiger partial charge >= 0.3 is 5.97 Å². The van der Waals surface area contributed by atoms with Crippen LogP contribution in [-0.2, 0) is 14.3 Å². The number of benzene rings is 2. The fourth-order valence-corrected chi connectivity index (χ4v) is 7.54. The van der Waals surface area contributed by atoms with E-state index in [1.54, 1.807) is 35.5 Å². The highest BCUT2D eigenvalue weighted by molar-refractivity contribution is 8.17. The molecule has 2 N–H and O–H groups in total. The Bertz CT molecular complexity index is 1090. The minimum absolute atomic E-state index is 0.160. The van der Waals surface area contributed by atoms with Crippen LogP contribution in [0.25, 0.3) is 0 Å². The molecule has 7 nitrogen and oxygen atoms in total. The van der Waals surface area contributed by atoms with Crippen LogP contribution in [-0.4, -0.2) is 62.0 Å². The molecule has 1 fully saturated rings. The number of ether oxygens (including phenoxy) is 1. The summed E-state index contributed by atoms with van der Waals surface area (Å²) in [6, 6.07) is 18.7. The number of esters is 1. The molecule has 5 rings (SSSR count). The lowest BCUT2D eigenvalue weighted by molar-refractivity contribution is -0.153. The Morgan fingerprint density at radius 2 is 1.82 bits per heavy atom. The number of fused-ring (bicyclic) bond motifs is 1. The Balaban J connectivity index is 1.44. The molecule has 0 saturated carbocycles. The molecule has 0 radical (unpaired) electrons. The second kappa shape index (κ2) is 10.1. The van der Waals surface area contributed by atoms with E-state index in [-0.39, 0.29) is 15.9 Å². The van der Waals surface area contributed by atoms with Crippen LogP contribution in [0.4, 0.5) is 0 Å². The summed E-state index contributed by atoms with van der Waals surface area (Å²) in [6.07, 6.45) is 1.30. The smallest absolute Gasteiger partial charge is 0.356 e. The summed E-state index contributed by atoms with van der Waals surface area (Å²) >= 11 is 4.89. The molecule has 0 spiro atoms. The number of hydrazone groups is 1. The summed E-state index contributed by atoms with van der Waals surface area (Å²) in [5, 5.41) is 4.03. The topological polar surface area (TPSA) is 88.2 Å². The van der Waals surface area contributed by atoms with Crippen molar-refractivity contribution < 1.29 is 14.3 Å². The molecule has 2 unspecified atom stereocenters. The van der Waals surface area contributed by atoms with Gasteiger partial charge in [-0.1, -0.05) is 60.7 Å². The molecule has 3 aliphatic heterocycles. The average Bonchev–Trinajstić information content (AvgIpc) is 3.30. The SMILES string of the molecule is CN1N=CC(SCC2=C(C(=O)OC(c3ccccc3)c3ccccc3)N3C(=O)C(N)[C@@H]3SC2)S1. The average molecular weight is 513 g/mol. The molecule has 1 amide bonds. The summed E-state index contributed by atoms with van der Waals surface area (Å²) in [4.78, 5) is 27.9. The molecule has 0 aliphatic carbocycles. The number of hydrogen-bond acceptors (Lipinski definition) is 9. The van der Waals surface area contributed by atoms with E-state index in [4.69, 9.17) is 10.5 Å².